The smallest absolute Gasteiger partial charge is 0.310 e. The van der Waals surface area contributed by atoms with Gasteiger partial charge >= 0.3 is 5.97 Å². The fourth-order valence-electron chi connectivity index (χ4n) is 4.64. The molecule has 34 heavy (non-hydrogen) atoms. The first-order valence-corrected chi connectivity index (χ1v) is 11.6. The number of carboxylic acid groups (broad SMARTS) is 1. The van der Waals surface area contributed by atoms with E-state index in [9.17, 15) is 14.3 Å². The van der Waals surface area contributed by atoms with E-state index < -0.39 is 11.9 Å². The molecular weight excluding hydrogens is 431 g/mol. The van der Waals surface area contributed by atoms with E-state index in [0.29, 0.717) is 24.6 Å². The number of aryl methyl sites for hydroxylation is 2. The molecule has 0 fully saturated rings. The Labute approximate surface area is 199 Å². The lowest BCUT2D eigenvalue weighted by Gasteiger charge is -2.34. The number of carboxylic acids is 1. The van der Waals surface area contributed by atoms with Crippen molar-refractivity contribution in [2.45, 2.75) is 45.2 Å². The summed E-state index contributed by atoms with van der Waals surface area (Å²) in [5, 5.41) is 19.9. The molecule has 0 spiro atoms. The Bertz CT molecular complexity index is 1170. The second kappa shape index (κ2) is 10.2. The molecule has 0 unspecified atom stereocenters. The van der Waals surface area contributed by atoms with Gasteiger partial charge in [0.15, 0.2) is 0 Å². The van der Waals surface area contributed by atoms with Crippen LogP contribution in [-0.4, -0.2) is 35.2 Å². The van der Waals surface area contributed by atoms with Crippen molar-refractivity contribution in [3.8, 4) is 0 Å². The van der Waals surface area contributed by atoms with Gasteiger partial charge in [0.05, 0.1) is 29.9 Å². The van der Waals surface area contributed by atoms with Crippen LogP contribution >= 0.6 is 0 Å². The zero-order valence-electron chi connectivity index (χ0n) is 19.7. The van der Waals surface area contributed by atoms with Crippen LogP contribution < -0.4 is 16.0 Å². The molecule has 0 saturated carbocycles. The number of nitrogens with one attached hydrogen (secondary N) is 3. The number of nitrogens with zero attached hydrogens (tertiary/aromatic N) is 1. The van der Waals surface area contributed by atoms with Crippen LogP contribution in [0.2, 0.25) is 0 Å². The number of aliphatic carboxylic acids is 1. The molecule has 1 aromatic heterocycles. The maximum Gasteiger partial charge on any atom is 0.310 e. The van der Waals surface area contributed by atoms with E-state index in [1.807, 2.05) is 31.2 Å². The zero-order chi connectivity index (χ0) is 24.2. The predicted octanol–water partition coefficient (Wildman–Crippen LogP) is 4.81. The average Bonchev–Trinajstić information content (AvgIpc) is 2.83. The molecule has 4 rings (SSSR count). The summed E-state index contributed by atoms with van der Waals surface area (Å²) in [6, 6.07) is 15.8. The molecular formula is C27H31FN4O2. The molecule has 2 heterocycles. The number of hydrogen-bond acceptors (Lipinski definition) is 5. The van der Waals surface area contributed by atoms with E-state index in [1.165, 1.54) is 12.3 Å². The van der Waals surface area contributed by atoms with Crippen LogP contribution in [0.25, 0.3) is 0 Å². The van der Waals surface area contributed by atoms with E-state index in [4.69, 9.17) is 0 Å². The summed E-state index contributed by atoms with van der Waals surface area (Å²) in [6.45, 7) is 7.10. The number of halogens is 1. The maximum atomic E-state index is 13.5. The van der Waals surface area contributed by atoms with Gasteiger partial charge in [-0.15, -0.1) is 0 Å². The van der Waals surface area contributed by atoms with E-state index in [1.54, 1.807) is 6.92 Å². The first-order chi connectivity index (χ1) is 16.3. The molecule has 7 heteroatoms. The van der Waals surface area contributed by atoms with Gasteiger partial charge in [-0.2, -0.15) is 0 Å². The van der Waals surface area contributed by atoms with Crippen molar-refractivity contribution in [1.29, 1.82) is 0 Å². The largest absolute Gasteiger partial charge is 0.481 e. The third-order valence-electron chi connectivity index (χ3n) is 6.57. The second-order valence-electron chi connectivity index (χ2n) is 8.97. The number of fused-ring (bicyclic) bond motifs is 1. The SMILES string of the molecule is Cc1cc(C)c([C@H](C)C(=O)O)cc1CCN[C@H](c1ccccc1)[C@H]1CNc2cc(F)cnc2N1. The minimum Gasteiger partial charge on any atom is -0.481 e. The molecule has 2 aromatic carbocycles. The van der Waals surface area contributed by atoms with Gasteiger partial charge in [0.25, 0.3) is 0 Å². The number of pyridine rings is 1. The molecule has 4 N–H and O–H groups in total. The highest BCUT2D eigenvalue weighted by molar-refractivity contribution is 5.76. The minimum absolute atomic E-state index is 0.00290. The summed E-state index contributed by atoms with van der Waals surface area (Å²) in [6.07, 6.45) is 1.99. The first kappa shape index (κ1) is 23.7. The van der Waals surface area contributed by atoms with Crippen molar-refractivity contribution < 1.29 is 14.3 Å². The van der Waals surface area contributed by atoms with Crippen LogP contribution in [-0.2, 0) is 11.2 Å². The number of aromatic nitrogens is 1. The molecule has 0 aliphatic carbocycles. The van der Waals surface area contributed by atoms with Gasteiger partial charge in [0.2, 0.25) is 0 Å². The summed E-state index contributed by atoms with van der Waals surface area (Å²) in [4.78, 5) is 15.7. The Morgan fingerprint density at radius 2 is 1.97 bits per heavy atom. The van der Waals surface area contributed by atoms with Gasteiger partial charge in [-0.1, -0.05) is 42.5 Å². The quantitative estimate of drug-likeness (QED) is 0.385. The highest BCUT2D eigenvalue weighted by Crippen LogP contribution is 2.29. The Hall–Kier alpha value is -3.45. The Morgan fingerprint density at radius 3 is 2.71 bits per heavy atom. The van der Waals surface area contributed by atoms with E-state index in [2.05, 4.69) is 46.1 Å². The highest BCUT2D eigenvalue weighted by Gasteiger charge is 2.27. The Balaban J connectivity index is 1.51. The molecule has 0 radical (unpaired) electrons. The van der Waals surface area contributed by atoms with Crippen LogP contribution in [0.4, 0.5) is 15.9 Å². The normalized spacial score (nSPS) is 16.6. The molecule has 1 aliphatic rings. The van der Waals surface area contributed by atoms with Crippen LogP contribution in [0.1, 0.15) is 46.7 Å². The van der Waals surface area contributed by atoms with E-state index in [-0.39, 0.29) is 17.9 Å². The first-order valence-electron chi connectivity index (χ1n) is 11.6. The van der Waals surface area contributed by atoms with Crippen molar-refractivity contribution in [2.75, 3.05) is 23.7 Å². The summed E-state index contributed by atoms with van der Waals surface area (Å²) in [5.74, 6) is -1.08. The molecule has 0 bridgehead atoms. The summed E-state index contributed by atoms with van der Waals surface area (Å²) in [7, 11) is 0. The third-order valence-corrected chi connectivity index (χ3v) is 6.57. The lowest BCUT2D eigenvalue weighted by Crippen LogP contribution is -2.44. The lowest BCUT2D eigenvalue weighted by molar-refractivity contribution is -0.138. The van der Waals surface area contributed by atoms with Crippen molar-refractivity contribution in [1.82, 2.24) is 10.3 Å². The average molecular weight is 463 g/mol. The van der Waals surface area contributed by atoms with Crippen LogP contribution in [0.5, 0.6) is 0 Å². The summed E-state index contributed by atoms with van der Waals surface area (Å²) in [5.41, 5.74) is 5.98. The summed E-state index contributed by atoms with van der Waals surface area (Å²) >= 11 is 0. The van der Waals surface area contributed by atoms with E-state index in [0.717, 1.165) is 34.2 Å². The summed E-state index contributed by atoms with van der Waals surface area (Å²) < 4.78 is 13.5. The molecule has 1 aliphatic heterocycles. The number of anilines is 2. The van der Waals surface area contributed by atoms with E-state index >= 15 is 0 Å². The van der Waals surface area contributed by atoms with Gasteiger partial charge in [0, 0.05) is 12.6 Å². The molecule has 0 saturated heterocycles. The predicted molar refractivity (Wildman–Crippen MR) is 133 cm³/mol. The third kappa shape index (κ3) is 5.20. The highest BCUT2D eigenvalue weighted by atomic mass is 19.1. The maximum absolute atomic E-state index is 13.5. The van der Waals surface area contributed by atoms with Crippen molar-refractivity contribution in [2.24, 2.45) is 0 Å². The fourth-order valence-corrected chi connectivity index (χ4v) is 4.64. The Morgan fingerprint density at radius 1 is 1.21 bits per heavy atom. The standard InChI is InChI=1S/C27H31FN4O2/c1-16-11-17(2)22(18(3)27(33)34)12-20(16)9-10-29-25(19-7-5-4-6-8-19)24-15-30-23-13-21(28)14-31-26(23)32-24/h4-8,11-14,18,24-25,29-30H,9-10,15H2,1-3H3,(H,31,32)(H,33,34)/t18-,24+,25+/m0/s1. The zero-order valence-corrected chi connectivity index (χ0v) is 19.7. The fraction of sp³-hybridized carbons (Fsp3) is 0.333. The number of carbonyl (C=O) groups is 1. The molecule has 6 nitrogen and oxygen atoms in total. The van der Waals surface area contributed by atoms with Gasteiger partial charge in [0.1, 0.15) is 11.6 Å². The Kier molecular flexibility index (Phi) is 7.12. The van der Waals surface area contributed by atoms with Crippen molar-refractivity contribution in [3.05, 3.63) is 88.4 Å². The van der Waals surface area contributed by atoms with Crippen LogP contribution in [0.3, 0.4) is 0 Å². The molecule has 0 amide bonds. The number of benzene rings is 2. The van der Waals surface area contributed by atoms with Gasteiger partial charge < -0.3 is 21.1 Å². The van der Waals surface area contributed by atoms with Gasteiger partial charge in [-0.25, -0.2) is 9.37 Å². The monoisotopic (exact) mass is 462 g/mol. The van der Waals surface area contributed by atoms with Gasteiger partial charge in [-0.05, 0) is 61.6 Å². The molecule has 3 atom stereocenters. The molecule has 178 valence electrons. The van der Waals surface area contributed by atoms with Crippen LogP contribution in [0.15, 0.2) is 54.7 Å². The second-order valence-corrected chi connectivity index (χ2v) is 8.97. The minimum atomic E-state index is -0.815. The topological polar surface area (TPSA) is 86.3 Å². The van der Waals surface area contributed by atoms with Crippen molar-refractivity contribution >= 4 is 17.5 Å². The lowest BCUT2D eigenvalue weighted by atomic mass is 9.91. The number of rotatable bonds is 8. The molecule has 3 aromatic rings. The van der Waals surface area contributed by atoms with Crippen molar-refractivity contribution in [3.63, 3.8) is 0 Å². The van der Waals surface area contributed by atoms with Crippen LogP contribution in [0, 0.1) is 19.7 Å². The van der Waals surface area contributed by atoms with Gasteiger partial charge in [-0.3, -0.25) is 4.79 Å². The number of hydrogen-bond donors (Lipinski definition) is 4.